The second-order valence-electron chi connectivity index (χ2n) is 4.79. The smallest absolute Gasteiger partial charge is 0.337 e. The first-order chi connectivity index (χ1) is 10.6. The Bertz CT molecular complexity index is 746. The van der Waals surface area contributed by atoms with Crippen molar-refractivity contribution >= 4 is 22.8 Å². The molecule has 0 amide bonds. The van der Waals surface area contributed by atoms with Gasteiger partial charge in [-0.05, 0) is 42.3 Å². The van der Waals surface area contributed by atoms with E-state index in [1.165, 1.54) is 6.20 Å². The Hall–Kier alpha value is -2.41. The summed E-state index contributed by atoms with van der Waals surface area (Å²) in [5.41, 5.74) is 0.956. The average Bonchev–Trinajstić information content (AvgIpc) is 2.97. The van der Waals surface area contributed by atoms with Crippen LogP contribution in [0.1, 0.15) is 15.9 Å². The van der Waals surface area contributed by atoms with E-state index in [2.05, 4.69) is 4.98 Å². The van der Waals surface area contributed by atoms with E-state index < -0.39 is 17.0 Å². The molecule has 3 rings (SSSR count). The minimum Gasteiger partial charge on any atom is -0.497 e. The molecule has 2 aromatic rings. The number of hydrogen-bond donors (Lipinski definition) is 1. The molecule has 114 valence electrons. The highest BCUT2D eigenvalue weighted by Crippen LogP contribution is 2.30. The zero-order chi connectivity index (χ0) is 15.7. The predicted octanol–water partition coefficient (Wildman–Crippen LogP) is 1.87. The predicted molar refractivity (Wildman–Crippen MR) is 81.6 cm³/mol. The van der Waals surface area contributed by atoms with Gasteiger partial charge in [0, 0.05) is 12.7 Å². The lowest BCUT2D eigenvalue weighted by Gasteiger charge is -2.17. The molecule has 7 heteroatoms. The third-order valence-corrected chi connectivity index (χ3v) is 4.90. The first-order valence-electron chi connectivity index (χ1n) is 6.66. The monoisotopic (exact) mass is 318 g/mol. The molecule has 0 bridgehead atoms. The number of carboxylic acids is 1. The van der Waals surface area contributed by atoms with Crippen LogP contribution >= 0.6 is 0 Å². The minimum atomic E-state index is -1.38. The molecular weight excluding hydrogens is 304 g/mol. The number of methoxy groups -OCH3 is 1. The number of fused-ring (bicyclic) bond motifs is 1. The van der Waals surface area contributed by atoms with E-state index in [1.807, 2.05) is 0 Å². The molecule has 6 nitrogen and oxygen atoms in total. The number of carbonyl (C=O) groups is 1. The number of anilines is 1. The molecule has 1 aromatic carbocycles. The van der Waals surface area contributed by atoms with Gasteiger partial charge in [0.15, 0.2) is 11.0 Å². The van der Waals surface area contributed by atoms with Crippen LogP contribution < -0.4 is 9.04 Å². The summed E-state index contributed by atoms with van der Waals surface area (Å²) in [4.78, 5) is 15.8. The number of carboxylic acid groups (broad SMARTS) is 1. The molecule has 1 aliphatic heterocycles. The van der Waals surface area contributed by atoms with E-state index in [0.29, 0.717) is 29.4 Å². The van der Waals surface area contributed by atoms with Crippen LogP contribution in [0.5, 0.6) is 5.75 Å². The van der Waals surface area contributed by atoms with Crippen molar-refractivity contribution in [2.75, 3.05) is 18.0 Å². The summed E-state index contributed by atoms with van der Waals surface area (Å²) in [5.74, 6) is 0.274. The Morgan fingerprint density at radius 1 is 1.36 bits per heavy atom. The summed E-state index contributed by atoms with van der Waals surface area (Å²) < 4.78 is 19.4. The zero-order valence-corrected chi connectivity index (χ0v) is 12.7. The lowest BCUT2D eigenvalue weighted by atomic mass is 10.2. The van der Waals surface area contributed by atoms with Crippen molar-refractivity contribution in [1.29, 1.82) is 0 Å². The number of pyridine rings is 1. The third-order valence-electron chi connectivity index (χ3n) is 3.47. The average molecular weight is 318 g/mol. The van der Waals surface area contributed by atoms with Gasteiger partial charge in [-0.3, -0.25) is 4.31 Å². The van der Waals surface area contributed by atoms with Gasteiger partial charge in [-0.15, -0.1) is 0 Å². The first kappa shape index (κ1) is 14.5. The number of nitrogens with zero attached hydrogens (tertiary/aromatic N) is 2. The molecule has 0 spiro atoms. The maximum atomic E-state index is 12.7. The van der Waals surface area contributed by atoms with Crippen LogP contribution in [0.25, 0.3) is 0 Å². The summed E-state index contributed by atoms with van der Waals surface area (Å²) in [7, 11) is 0.196. The fourth-order valence-electron chi connectivity index (χ4n) is 2.34. The summed E-state index contributed by atoms with van der Waals surface area (Å²) in [6, 6.07) is 8.60. The Kier molecular flexibility index (Phi) is 3.81. The number of rotatable bonds is 4. The van der Waals surface area contributed by atoms with Crippen molar-refractivity contribution in [3.63, 3.8) is 0 Å². The zero-order valence-electron chi connectivity index (χ0n) is 11.9. The van der Waals surface area contributed by atoms with Crippen LogP contribution in [-0.4, -0.2) is 33.9 Å². The highest BCUT2D eigenvalue weighted by Gasteiger charge is 2.27. The van der Waals surface area contributed by atoms with Crippen molar-refractivity contribution in [3.05, 3.63) is 47.7 Å². The van der Waals surface area contributed by atoms with Crippen LogP contribution in [0.15, 0.2) is 41.4 Å². The van der Waals surface area contributed by atoms with Crippen molar-refractivity contribution < 1.29 is 18.8 Å². The van der Waals surface area contributed by atoms with Crippen LogP contribution in [-0.2, 0) is 17.4 Å². The minimum absolute atomic E-state index is 0.149. The molecule has 1 atom stereocenters. The number of ether oxygens (including phenoxy) is 1. The number of hydrogen-bond acceptors (Lipinski definition) is 4. The highest BCUT2D eigenvalue weighted by molar-refractivity contribution is 7.86. The number of aromatic nitrogens is 1. The van der Waals surface area contributed by atoms with Gasteiger partial charge in [0.05, 0.1) is 17.6 Å². The van der Waals surface area contributed by atoms with Gasteiger partial charge in [-0.2, -0.15) is 0 Å². The van der Waals surface area contributed by atoms with Gasteiger partial charge >= 0.3 is 5.97 Å². The van der Waals surface area contributed by atoms with E-state index in [9.17, 15) is 9.00 Å². The largest absolute Gasteiger partial charge is 0.497 e. The maximum Gasteiger partial charge on any atom is 0.337 e. The Balaban J connectivity index is 1.88. The van der Waals surface area contributed by atoms with Crippen molar-refractivity contribution in [1.82, 2.24) is 4.98 Å². The normalized spacial score (nSPS) is 14.5. The van der Waals surface area contributed by atoms with Crippen molar-refractivity contribution in [2.24, 2.45) is 0 Å². The molecule has 22 heavy (non-hydrogen) atoms. The Morgan fingerprint density at radius 2 is 2.09 bits per heavy atom. The van der Waals surface area contributed by atoms with Gasteiger partial charge in [-0.25, -0.2) is 14.0 Å². The number of benzene rings is 1. The standard InChI is InChI=1S/C15H14N2O4S/c1-21-12-2-4-13(5-3-12)22(20)17-7-6-10-8-11(15(18)19)9-16-14(10)17/h2-5,8-9H,6-7H2,1H3,(H,18,19). The summed E-state index contributed by atoms with van der Waals surface area (Å²) in [6.45, 7) is 0.546. The van der Waals surface area contributed by atoms with E-state index in [-0.39, 0.29) is 5.56 Å². The Labute approximate surface area is 130 Å². The van der Waals surface area contributed by atoms with Crippen LogP contribution in [0.4, 0.5) is 5.82 Å². The van der Waals surface area contributed by atoms with Gasteiger partial charge in [0.25, 0.3) is 0 Å². The maximum absolute atomic E-state index is 12.7. The van der Waals surface area contributed by atoms with Crippen LogP contribution in [0.3, 0.4) is 0 Å². The fraction of sp³-hybridized carbons (Fsp3) is 0.200. The van der Waals surface area contributed by atoms with Crippen LogP contribution in [0.2, 0.25) is 0 Å². The second kappa shape index (κ2) is 5.76. The molecule has 1 aromatic heterocycles. The number of aromatic carboxylic acids is 1. The van der Waals surface area contributed by atoms with E-state index in [1.54, 1.807) is 41.7 Å². The van der Waals surface area contributed by atoms with Crippen LogP contribution in [0, 0.1) is 0 Å². The molecular formula is C15H14N2O4S. The molecule has 2 heterocycles. The SMILES string of the molecule is COc1ccc(S(=O)N2CCc3cc(C(=O)O)cnc32)cc1. The molecule has 0 fully saturated rings. The van der Waals surface area contributed by atoms with Crippen molar-refractivity contribution in [2.45, 2.75) is 11.3 Å². The van der Waals surface area contributed by atoms with Gasteiger partial charge in [-0.1, -0.05) is 0 Å². The summed E-state index contributed by atoms with van der Waals surface area (Å²) in [6.07, 6.45) is 1.93. The molecule has 0 saturated carbocycles. The van der Waals surface area contributed by atoms with E-state index in [0.717, 1.165) is 5.56 Å². The van der Waals surface area contributed by atoms with Crippen molar-refractivity contribution in [3.8, 4) is 5.75 Å². The first-order valence-corrected chi connectivity index (χ1v) is 7.76. The molecule has 1 unspecified atom stereocenters. The Morgan fingerprint density at radius 3 is 2.73 bits per heavy atom. The van der Waals surface area contributed by atoms with Gasteiger partial charge in [0.1, 0.15) is 11.6 Å². The topological polar surface area (TPSA) is 79.7 Å². The van der Waals surface area contributed by atoms with E-state index >= 15 is 0 Å². The van der Waals surface area contributed by atoms with E-state index in [4.69, 9.17) is 9.84 Å². The molecule has 0 saturated heterocycles. The summed E-state index contributed by atoms with van der Waals surface area (Å²) >= 11 is 0. The quantitative estimate of drug-likeness (QED) is 0.931. The molecule has 1 aliphatic rings. The molecule has 0 radical (unpaired) electrons. The lowest BCUT2D eigenvalue weighted by molar-refractivity contribution is 0.0696. The fourth-order valence-corrected chi connectivity index (χ4v) is 3.54. The third kappa shape index (κ3) is 2.55. The van der Waals surface area contributed by atoms with Gasteiger partial charge in [0.2, 0.25) is 0 Å². The summed E-state index contributed by atoms with van der Waals surface area (Å²) in [5, 5.41) is 8.99. The second-order valence-corrected chi connectivity index (χ2v) is 6.20. The molecule has 0 aliphatic carbocycles. The molecule has 1 N–H and O–H groups in total. The lowest BCUT2D eigenvalue weighted by Crippen LogP contribution is -2.24. The highest BCUT2D eigenvalue weighted by atomic mass is 32.2. The van der Waals surface area contributed by atoms with Gasteiger partial charge < -0.3 is 9.84 Å².